The van der Waals surface area contributed by atoms with E-state index in [1.807, 2.05) is 79.7 Å². The highest BCUT2D eigenvalue weighted by atomic mass is 79.9. The number of hydrogen-bond acceptors (Lipinski definition) is 5. The number of carbonyl (C=O) groups excluding carboxylic acids is 1. The lowest BCUT2D eigenvalue weighted by molar-refractivity contribution is -0.122. The fourth-order valence-corrected chi connectivity index (χ4v) is 4.28. The van der Waals surface area contributed by atoms with Crippen molar-refractivity contribution in [1.29, 1.82) is 0 Å². The molecule has 7 heteroatoms. The van der Waals surface area contributed by atoms with Gasteiger partial charge in [-0.15, -0.1) is 5.10 Å². The second kappa shape index (κ2) is 10.4. The average molecular weight is 506 g/mol. The highest BCUT2D eigenvalue weighted by Gasteiger charge is 2.34. The Morgan fingerprint density at radius 1 is 1.06 bits per heavy atom. The summed E-state index contributed by atoms with van der Waals surface area (Å²) in [6, 6.07) is 21.4. The second-order valence-electron chi connectivity index (χ2n) is 7.06. The Morgan fingerprint density at radius 3 is 2.56 bits per heavy atom. The lowest BCUT2D eigenvalue weighted by Gasteiger charge is -2.12. The van der Waals surface area contributed by atoms with Crippen LogP contribution in [0.4, 0.5) is 0 Å². The standard InChI is InChI=1S/C25H20BrN3O2S/c1-18(14-19-6-3-2-4-7-19)15-23-24(30)29(17-22-8-5-13-31-22)25(32-23)28-27-16-20-9-11-21(26)12-10-20/h2-16H,17H2,1H3/b18-14+,23-15-,27-16-,28-25+. The summed E-state index contributed by atoms with van der Waals surface area (Å²) in [7, 11) is 0. The van der Waals surface area contributed by atoms with Crippen LogP contribution in [-0.2, 0) is 11.3 Å². The van der Waals surface area contributed by atoms with Crippen LogP contribution in [0, 0.1) is 0 Å². The molecule has 1 fully saturated rings. The number of furan rings is 1. The maximum Gasteiger partial charge on any atom is 0.267 e. The summed E-state index contributed by atoms with van der Waals surface area (Å²) in [6.07, 6.45) is 7.18. The normalized spacial score (nSPS) is 17.2. The van der Waals surface area contributed by atoms with Crippen molar-refractivity contribution in [1.82, 2.24) is 4.90 Å². The van der Waals surface area contributed by atoms with Crippen LogP contribution < -0.4 is 0 Å². The fourth-order valence-electron chi connectivity index (χ4n) is 3.03. The first-order valence-corrected chi connectivity index (χ1v) is 11.5. The maximum atomic E-state index is 13.1. The Balaban J connectivity index is 1.59. The van der Waals surface area contributed by atoms with Gasteiger partial charge in [-0.05, 0) is 65.7 Å². The highest BCUT2D eigenvalue weighted by Crippen LogP contribution is 2.33. The molecule has 0 bridgehead atoms. The van der Waals surface area contributed by atoms with Crippen molar-refractivity contribution in [2.45, 2.75) is 13.5 Å². The second-order valence-corrected chi connectivity index (χ2v) is 8.98. The summed E-state index contributed by atoms with van der Waals surface area (Å²) in [6.45, 7) is 2.27. The molecule has 1 amide bonds. The van der Waals surface area contributed by atoms with E-state index < -0.39 is 0 Å². The van der Waals surface area contributed by atoms with Crippen LogP contribution in [-0.4, -0.2) is 22.2 Å². The van der Waals surface area contributed by atoms with Gasteiger partial charge in [0.25, 0.3) is 5.91 Å². The van der Waals surface area contributed by atoms with Crippen molar-refractivity contribution in [2.75, 3.05) is 0 Å². The number of amides is 1. The number of halogens is 1. The minimum Gasteiger partial charge on any atom is -0.467 e. The Kier molecular flexibility index (Phi) is 7.19. The molecule has 1 aliphatic heterocycles. The molecule has 3 aromatic rings. The lowest BCUT2D eigenvalue weighted by Crippen LogP contribution is -2.28. The van der Waals surface area contributed by atoms with Crippen molar-refractivity contribution in [3.63, 3.8) is 0 Å². The van der Waals surface area contributed by atoms with Crippen LogP contribution in [0.25, 0.3) is 6.08 Å². The first kappa shape index (κ1) is 22.0. The van der Waals surface area contributed by atoms with E-state index in [4.69, 9.17) is 4.42 Å². The quantitative estimate of drug-likeness (QED) is 0.218. The van der Waals surface area contributed by atoms with E-state index in [2.05, 4.69) is 26.1 Å². The number of nitrogens with zero attached hydrogens (tertiary/aromatic N) is 3. The Hall–Kier alpha value is -3.16. The molecule has 2 aromatic carbocycles. The van der Waals surface area contributed by atoms with Crippen LogP contribution >= 0.6 is 27.7 Å². The Bertz CT molecular complexity index is 1200. The lowest BCUT2D eigenvalue weighted by atomic mass is 10.1. The van der Waals surface area contributed by atoms with E-state index >= 15 is 0 Å². The monoisotopic (exact) mass is 505 g/mol. The number of amidine groups is 1. The predicted octanol–water partition coefficient (Wildman–Crippen LogP) is 6.50. The number of allylic oxidation sites excluding steroid dienone is 2. The van der Waals surface area contributed by atoms with E-state index in [1.165, 1.54) is 11.8 Å². The third-order valence-electron chi connectivity index (χ3n) is 4.55. The fraction of sp³-hybridized carbons (Fsp3) is 0.0800. The van der Waals surface area contributed by atoms with Gasteiger partial charge < -0.3 is 4.42 Å². The summed E-state index contributed by atoms with van der Waals surface area (Å²) in [4.78, 5) is 15.3. The van der Waals surface area contributed by atoms with Gasteiger partial charge in [-0.3, -0.25) is 9.69 Å². The smallest absolute Gasteiger partial charge is 0.267 e. The summed E-state index contributed by atoms with van der Waals surface area (Å²) < 4.78 is 6.44. The van der Waals surface area contributed by atoms with Crippen LogP contribution in [0.2, 0.25) is 0 Å². The van der Waals surface area contributed by atoms with Gasteiger partial charge in [-0.1, -0.05) is 64.5 Å². The minimum absolute atomic E-state index is 0.121. The van der Waals surface area contributed by atoms with Crippen LogP contribution in [0.15, 0.2) is 109 Å². The van der Waals surface area contributed by atoms with Gasteiger partial charge in [0.2, 0.25) is 0 Å². The third-order valence-corrected chi connectivity index (χ3v) is 6.08. The summed E-state index contributed by atoms with van der Waals surface area (Å²) >= 11 is 4.73. The third kappa shape index (κ3) is 5.75. The van der Waals surface area contributed by atoms with Gasteiger partial charge in [0.15, 0.2) is 5.17 Å². The highest BCUT2D eigenvalue weighted by molar-refractivity contribution is 9.10. The van der Waals surface area contributed by atoms with E-state index in [1.54, 1.807) is 23.4 Å². The Labute approximate surface area is 199 Å². The molecule has 2 heterocycles. The molecule has 1 aliphatic rings. The van der Waals surface area contributed by atoms with Crippen LogP contribution in [0.1, 0.15) is 23.8 Å². The minimum atomic E-state index is -0.121. The molecule has 1 saturated heterocycles. The van der Waals surface area contributed by atoms with Gasteiger partial charge >= 0.3 is 0 Å². The maximum absolute atomic E-state index is 13.1. The SMILES string of the molecule is CC(/C=C1\S/C(=N/N=C\c2ccc(Br)cc2)N(Cc2ccco2)C1=O)=C\c1ccccc1. The predicted molar refractivity (Wildman–Crippen MR) is 134 cm³/mol. The number of hydrogen-bond donors (Lipinski definition) is 0. The molecule has 0 N–H and O–H groups in total. The van der Waals surface area contributed by atoms with Gasteiger partial charge in [-0.2, -0.15) is 5.10 Å². The van der Waals surface area contributed by atoms with Crippen molar-refractivity contribution in [3.05, 3.63) is 111 Å². The van der Waals surface area contributed by atoms with E-state index in [0.29, 0.717) is 22.4 Å². The molecular formula is C25H20BrN3O2S. The molecule has 0 unspecified atom stereocenters. The largest absolute Gasteiger partial charge is 0.467 e. The van der Waals surface area contributed by atoms with Crippen LogP contribution in [0.3, 0.4) is 0 Å². The summed E-state index contributed by atoms with van der Waals surface area (Å²) in [5.74, 6) is 0.561. The molecule has 160 valence electrons. The molecule has 0 atom stereocenters. The zero-order chi connectivity index (χ0) is 22.3. The van der Waals surface area contributed by atoms with Gasteiger partial charge in [0.05, 0.1) is 23.9 Å². The zero-order valence-electron chi connectivity index (χ0n) is 17.3. The number of rotatable bonds is 6. The molecule has 0 saturated carbocycles. The van der Waals surface area contributed by atoms with E-state index in [9.17, 15) is 4.79 Å². The van der Waals surface area contributed by atoms with Crippen molar-refractivity contribution in [2.24, 2.45) is 10.2 Å². The Morgan fingerprint density at radius 2 is 1.84 bits per heavy atom. The number of benzene rings is 2. The van der Waals surface area contributed by atoms with Crippen LogP contribution in [0.5, 0.6) is 0 Å². The molecule has 0 aliphatic carbocycles. The molecule has 0 radical (unpaired) electrons. The number of carbonyl (C=O) groups is 1. The number of thioether (sulfide) groups is 1. The molecule has 4 rings (SSSR count). The molecule has 0 spiro atoms. The van der Waals surface area contributed by atoms with Crippen molar-refractivity contribution < 1.29 is 9.21 Å². The van der Waals surface area contributed by atoms with E-state index in [-0.39, 0.29) is 5.91 Å². The summed E-state index contributed by atoms with van der Waals surface area (Å²) in [5.41, 5.74) is 2.98. The van der Waals surface area contributed by atoms with E-state index in [0.717, 1.165) is 21.2 Å². The first-order chi connectivity index (χ1) is 15.6. The molecule has 1 aromatic heterocycles. The van der Waals surface area contributed by atoms with Crippen molar-refractivity contribution in [3.8, 4) is 0 Å². The van der Waals surface area contributed by atoms with Gasteiger partial charge in [0, 0.05) is 4.47 Å². The zero-order valence-corrected chi connectivity index (χ0v) is 19.7. The average Bonchev–Trinajstić information content (AvgIpc) is 3.40. The summed E-state index contributed by atoms with van der Waals surface area (Å²) in [5, 5.41) is 9.06. The first-order valence-electron chi connectivity index (χ1n) is 9.92. The van der Waals surface area contributed by atoms with Gasteiger partial charge in [0.1, 0.15) is 5.76 Å². The van der Waals surface area contributed by atoms with Gasteiger partial charge in [-0.25, -0.2) is 0 Å². The molecular weight excluding hydrogens is 486 g/mol. The van der Waals surface area contributed by atoms with Crippen molar-refractivity contribution >= 4 is 51.1 Å². The molecule has 32 heavy (non-hydrogen) atoms. The molecule has 5 nitrogen and oxygen atoms in total. The topological polar surface area (TPSA) is 58.2 Å².